The molecule has 2 aromatic rings. The summed E-state index contributed by atoms with van der Waals surface area (Å²) in [5.74, 6) is 0.0777. The molecule has 0 bridgehead atoms. The molecule has 3 aliphatic rings. The van der Waals surface area contributed by atoms with Gasteiger partial charge in [0, 0.05) is 63.3 Å². The second-order valence-corrected chi connectivity index (χ2v) is 16.7. The Labute approximate surface area is 262 Å². The van der Waals surface area contributed by atoms with E-state index in [1.165, 1.54) is 0 Å². The molecule has 1 aromatic heterocycles. The van der Waals surface area contributed by atoms with Gasteiger partial charge in [0.05, 0.1) is 35.9 Å². The van der Waals surface area contributed by atoms with E-state index in [1.807, 2.05) is 52.6 Å². The van der Waals surface area contributed by atoms with Gasteiger partial charge in [-0.2, -0.15) is 5.10 Å². The molecule has 0 radical (unpaired) electrons. The van der Waals surface area contributed by atoms with Crippen molar-refractivity contribution in [3.05, 3.63) is 47.3 Å². The van der Waals surface area contributed by atoms with E-state index in [0.29, 0.717) is 56.4 Å². The normalized spacial score (nSPS) is 24.5. The Kier molecular flexibility index (Phi) is 9.90. The maximum absolute atomic E-state index is 14.1. The zero-order valence-corrected chi connectivity index (χ0v) is 28.3. The highest BCUT2D eigenvalue weighted by molar-refractivity contribution is 7.58. The largest absolute Gasteiger partial charge is 0.379 e. The molecule has 0 spiro atoms. The van der Waals surface area contributed by atoms with Crippen LogP contribution in [0.3, 0.4) is 0 Å². The third-order valence-corrected chi connectivity index (χ3v) is 12.1. The minimum atomic E-state index is -2.97. The molecule has 2 saturated heterocycles. The van der Waals surface area contributed by atoms with Crippen molar-refractivity contribution in [1.29, 1.82) is 0 Å². The first kappa shape index (κ1) is 33.0. The number of ether oxygens (including phenoxy) is 2. The van der Waals surface area contributed by atoms with Gasteiger partial charge in [0.25, 0.3) is 5.91 Å². The van der Waals surface area contributed by atoms with Crippen molar-refractivity contribution in [2.75, 3.05) is 66.3 Å². The number of morpholine rings is 1. The van der Waals surface area contributed by atoms with Crippen molar-refractivity contribution in [3.8, 4) is 5.69 Å². The molecule has 3 heterocycles. The third-order valence-electron chi connectivity index (χ3n) is 9.07. The molecule has 44 heavy (non-hydrogen) atoms. The van der Waals surface area contributed by atoms with E-state index in [1.54, 1.807) is 10.9 Å². The fourth-order valence-corrected chi connectivity index (χ4v) is 8.58. The molecule has 13 heteroatoms. The molecule has 11 nitrogen and oxygen atoms in total. The van der Waals surface area contributed by atoms with Crippen molar-refractivity contribution in [3.63, 3.8) is 0 Å². The molecule has 0 saturated carbocycles. The predicted molar refractivity (Wildman–Crippen MR) is 173 cm³/mol. The number of hydrogen-bond donors (Lipinski definition) is 0. The van der Waals surface area contributed by atoms with Crippen molar-refractivity contribution in [1.82, 2.24) is 28.9 Å². The summed E-state index contributed by atoms with van der Waals surface area (Å²) in [6.07, 6.45) is 3.02. The number of hydrogen-bond acceptors (Lipinski definition) is 7. The molecular weight excluding hydrogens is 578 g/mol. The van der Waals surface area contributed by atoms with Gasteiger partial charge in [0.2, 0.25) is 7.44 Å². The van der Waals surface area contributed by atoms with Crippen LogP contribution >= 0.6 is 7.44 Å². The molecule has 3 atom stereocenters. The molecule has 240 valence electrons. The van der Waals surface area contributed by atoms with Crippen LogP contribution in [0.2, 0.25) is 0 Å². The Morgan fingerprint density at radius 1 is 1.14 bits per heavy atom. The first-order valence-electron chi connectivity index (χ1n) is 15.8. The smallest absolute Gasteiger partial charge is 0.253 e. The second kappa shape index (κ2) is 13.2. The van der Waals surface area contributed by atoms with Crippen molar-refractivity contribution < 1.29 is 23.6 Å². The van der Waals surface area contributed by atoms with Crippen LogP contribution in [0.5, 0.6) is 0 Å². The molecule has 2 aliphatic heterocycles. The Balaban J connectivity index is 1.17. The zero-order chi connectivity index (χ0) is 31.8. The Morgan fingerprint density at radius 2 is 1.82 bits per heavy atom. The van der Waals surface area contributed by atoms with Crippen LogP contribution in [0.4, 0.5) is 0 Å². The maximum atomic E-state index is 14.1. The lowest BCUT2D eigenvalue weighted by atomic mass is 9.76. The van der Waals surface area contributed by atoms with E-state index in [0.717, 1.165) is 30.9 Å². The van der Waals surface area contributed by atoms with Crippen LogP contribution in [-0.4, -0.2) is 133 Å². The summed E-state index contributed by atoms with van der Waals surface area (Å²) < 4.78 is 31.9. The number of nitrogens with zero attached hydrogens (tertiary/aromatic N) is 6. The standard InChI is InChI=1S/C31H48BN6O5P/c1-22(2)36-18-25(43-29(32)19-36)20-42-21-44(41,34(5)6)37-13-11-35(12-14-37)30(40)23-7-9-24(10-8-23)38-27-15-31(3,4)16-28(39)26(27)17-33-38/h7-10,17,22,25,29H,11-16,18-21,32H2,1-6H3. The van der Waals surface area contributed by atoms with Gasteiger partial charge in [-0.1, -0.05) is 13.8 Å². The number of benzene rings is 1. The van der Waals surface area contributed by atoms with E-state index in [4.69, 9.17) is 9.47 Å². The van der Waals surface area contributed by atoms with E-state index in [9.17, 15) is 14.2 Å². The summed E-state index contributed by atoms with van der Waals surface area (Å²) in [7, 11) is 2.77. The highest BCUT2D eigenvalue weighted by Gasteiger charge is 2.38. The molecule has 1 amide bonds. The van der Waals surface area contributed by atoms with Gasteiger partial charge in [-0.3, -0.25) is 19.1 Å². The van der Waals surface area contributed by atoms with Gasteiger partial charge >= 0.3 is 0 Å². The topological polar surface area (TPSA) is 100 Å². The minimum Gasteiger partial charge on any atom is -0.379 e. The predicted octanol–water partition coefficient (Wildman–Crippen LogP) is 2.58. The summed E-state index contributed by atoms with van der Waals surface area (Å²) in [5, 5.41) is 4.50. The van der Waals surface area contributed by atoms with Crippen molar-refractivity contribution in [2.24, 2.45) is 5.41 Å². The number of piperazine rings is 1. The van der Waals surface area contributed by atoms with Gasteiger partial charge in [-0.15, -0.1) is 0 Å². The van der Waals surface area contributed by atoms with Gasteiger partial charge in [-0.05, 0) is 64.0 Å². The first-order chi connectivity index (χ1) is 20.8. The molecule has 3 unspecified atom stereocenters. The average Bonchev–Trinajstić information content (AvgIpc) is 3.39. The van der Waals surface area contributed by atoms with Crippen LogP contribution in [0.1, 0.15) is 60.5 Å². The molecule has 2 fully saturated rings. The Bertz CT molecular complexity index is 1390. The lowest BCUT2D eigenvalue weighted by Crippen LogP contribution is -2.52. The van der Waals surface area contributed by atoms with E-state index >= 15 is 0 Å². The Hall–Kier alpha value is -2.34. The third kappa shape index (κ3) is 7.06. The van der Waals surface area contributed by atoms with Gasteiger partial charge < -0.3 is 14.4 Å². The number of ketones is 1. The maximum Gasteiger partial charge on any atom is 0.253 e. The second-order valence-electron chi connectivity index (χ2n) is 13.8. The zero-order valence-electron chi connectivity index (χ0n) is 27.4. The molecular formula is C31H48BN6O5P. The van der Waals surface area contributed by atoms with Crippen LogP contribution < -0.4 is 0 Å². The van der Waals surface area contributed by atoms with E-state index in [2.05, 4.69) is 45.5 Å². The fraction of sp³-hybridized carbons (Fsp3) is 0.645. The van der Waals surface area contributed by atoms with Gasteiger partial charge in [0.1, 0.15) is 14.2 Å². The van der Waals surface area contributed by atoms with Crippen molar-refractivity contribution in [2.45, 2.75) is 58.7 Å². The number of carbonyl (C=O) groups is 2. The highest BCUT2D eigenvalue weighted by atomic mass is 31.2. The molecule has 0 N–H and O–H groups in total. The van der Waals surface area contributed by atoms with E-state index < -0.39 is 7.44 Å². The summed E-state index contributed by atoms with van der Waals surface area (Å²) in [4.78, 5) is 30.2. The number of rotatable bonds is 9. The first-order valence-corrected chi connectivity index (χ1v) is 17.6. The quantitative estimate of drug-likeness (QED) is 0.307. The van der Waals surface area contributed by atoms with E-state index in [-0.39, 0.29) is 35.6 Å². The number of Topliss-reactive ketones (excluding diaryl/α,β-unsaturated/α-hetero) is 1. The van der Waals surface area contributed by atoms with Crippen LogP contribution in [0, 0.1) is 5.41 Å². The number of fused-ring (bicyclic) bond motifs is 1. The van der Waals surface area contributed by atoms with Crippen molar-refractivity contribution >= 4 is 27.0 Å². The number of amides is 1. The number of carbonyl (C=O) groups excluding carboxylic acids is 2. The summed E-state index contributed by atoms with van der Waals surface area (Å²) >= 11 is 0. The van der Waals surface area contributed by atoms with Crippen LogP contribution in [-0.2, 0) is 20.5 Å². The van der Waals surface area contributed by atoms with Gasteiger partial charge in [0.15, 0.2) is 5.78 Å². The minimum absolute atomic E-state index is 0.0503. The SMILES string of the molecule is BC1CN(C(C)C)CC(COCP(=O)(N(C)C)N2CCN(C(=O)c3ccc(-n4ncc5c4CC(C)(C)CC5=O)cc3)CC2)O1. The molecule has 1 aromatic carbocycles. The lowest BCUT2D eigenvalue weighted by Gasteiger charge is -2.42. The highest BCUT2D eigenvalue weighted by Crippen LogP contribution is 2.51. The molecule has 1 aliphatic carbocycles. The summed E-state index contributed by atoms with van der Waals surface area (Å²) in [6.45, 7) is 12.7. The number of aromatic nitrogens is 2. The summed E-state index contributed by atoms with van der Waals surface area (Å²) in [6, 6.07) is 7.99. The van der Waals surface area contributed by atoms with Crippen LogP contribution in [0.25, 0.3) is 5.69 Å². The van der Waals surface area contributed by atoms with Crippen LogP contribution in [0.15, 0.2) is 30.5 Å². The monoisotopic (exact) mass is 626 g/mol. The van der Waals surface area contributed by atoms with Gasteiger partial charge in [-0.25, -0.2) is 14.0 Å². The summed E-state index contributed by atoms with van der Waals surface area (Å²) in [5.41, 5.74) is 2.93. The molecule has 5 rings (SSSR count). The lowest BCUT2D eigenvalue weighted by molar-refractivity contribution is -0.0878. The fourth-order valence-electron chi connectivity index (χ4n) is 6.53. The average molecular weight is 627 g/mol. The Morgan fingerprint density at radius 3 is 2.45 bits per heavy atom.